The average molecular weight is 337 g/mol. The van der Waals surface area contributed by atoms with Gasteiger partial charge in [-0.2, -0.15) is 0 Å². The highest BCUT2D eigenvalue weighted by atomic mass is 35.6. The van der Waals surface area contributed by atoms with Crippen molar-refractivity contribution in [3.8, 4) is 0 Å². The lowest BCUT2D eigenvalue weighted by Gasteiger charge is -2.15. The Balaban J connectivity index is 2.53. The van der Waals surface area contributed by atoms with E-state index < -0.39 is 9.89 Å². The summed E-state index contributed by atoms with van der Waals surface area (Å²) in [5.41, 5.74) is 0.520. The van der Waals surface area contributed by atoms with Crippen LogP contribution in [0.3, 0.4) is 0 Å². The minimum Gasteiger partial charge on any atom is -0.445 e. The van der Waals surface area contributed by atoms with Gasteiger partial charge in [0.05, 0.1) is 0 Å². The first-order valence-electron chi connectivity index (χ1n) is 5.53. The van der Waals surface area contributed by atoms with Crippen molar-refractivity contribution in [2.45, 2.75) is 3.79 Å². The number of halogens is 3. The van der Waals surface area contributed by atoms with Gasteiger partial charge in [0, 0.05) is 24.9 Å². The molecule has 0 aliphatic heterocycles. The number of rotatable bonds is 4. The van der Waals surface area contributed by atoms with Crippen molar-refractivity contribution >= 4 is 46.7 Å². The Kier molecular flexibility index (Phi) is 6.33. The Bertz CT molecular complexity index is 497. The van der Waals surface area contributed by atoms with Crippen molar-refractivity contribution in [2.24, 2.45) is 0 Å². The zero-order valence-corrected chi connectivity index (χ0v) is 12.8. The fourth-order valence-electron chi connectivity index (χ4n) is 1.18. The van der Waals surface area contributed by atoms with Crippen molar-refractivity contribution < 1.29 is 14.3 Å². The van der Waals surface area contributed by atoms with E-state index in [0.29, 0.717) is 5.56 Å². The summed E-state index contributed by atoms with van der Waals surface area (Å²) in [4.78, 5) is 24.3. The molecule has 0 aliphatic rings. The van der Waals surface area contributed by atoms with Crippen LogP contribution < -0.4 is 0 Å². The van der Waals surface area contributed by atoms with Crippen LogP contribution in [0.15, 0.2) is 42.6 Å². The molecule has 4 nitrogen and oxygen atoms in total. The Morgan fingerprint density at radius 3 is 2.40 bits per heavy atom. The van der Waals surface area contributed by atoms with Crippen molar-refractivity contribution in [3.05, 3.63) is 48.2 Å². The fourth-order valence-corrected chi connectivity index (χ4v) is 1.35. The molecule has 0 unspecified atom stereocenters. The summed E-state index contributed by atoms with van der Waals surface area (Å²) >= 11 is 16.4. The molecule has 0 aliphatic carbocycles. The second kappa shape index (κ2) is 7.53. The van der Waals surface area contributed by atoms with Crippen molar-refractivity contribution in [3.63, 3.8) is 0 Å². The smallest absolute Gasteiger partial charge is 0.413 e. The number of carbonyl (C=O) groups excluding carboxylic acids is 2. The lowest BCUT2D eigenvalue weighted by Crippen LogP contribution is -2.26. The molecule has 1 amide bonds. The van der Waals surface area contributed by atoms with E-state index in [1.807, 2.05) is 0 Å². The molecule has 20 heavy (non-hydrogen) atoms. The molecule has 0 spiro atoms. The van der Waals surface area contributed by atoms with Crippen LogP contribution >= 0.6 is 34.8 Å². The van der Waals surface area contributed by atoms with E-state index in [1.54, 1.807) is 30.3 Å². The Labute approximate surface area is 131 Å². The highest BCUT2D eigenvalue weighted by molar-refractivity contribution is 6.67. The number of ketones is 1. The first-order valence-corrected chi connectivity index (χ1v) is 6.67. The van der Waals surface area contributed by atoms with E-state index in [1.165, 1.54) is 19.3 Å². The maximum atomic E-state index is 11.8. The molecule has 1 aromatic carbocycles. The molecule has 0 fully saturated rings. The Morgan fingerprint density at radius 2 is 1.85 bits per heavy atom. The van der Waals surface area contributed by atoms with Gasteiger partial charge < -0.3 is 4.74 Å². The molecule has 0 saturated carbocycles. The molecule has 0 atom stereocenters. The fraction of sp³-hybridized carbons (Fsp3) is 0.231. The van der Waals surface area contributed by atoms with Gasteiger partial charge in [-0.05, 0) is 0 Å². The SMILES string of the molecule is CN(C=CC(=O)c1ccccc1)C(=O)OCC(Cl)(Cl)Cl. The third-order valence-electron chi connectivity index (χ3n) is 2.16. The van der Waals surface area contributed by atoms with Gasteiger partial charge in [-0.3, -0.25) is 9.69 Å². The summed E-state index contributed by atoms with van der Waals surface area (Å²) in [6.45, 7) is -0.374. The van der Waals surface area contributed by atoms with E-state index in [9.17, 15) is 9.59 Å². The summed E-state index contributed by atoms with van der Waals surface area (Å²) in [6, 6.07) is 8.66. The van der Waals surface area contributed by atoms with E-state index in [4.69, 9.17) is 39.5 Å². The number of hydrogen-bond donors (Lipinski definition) is 0. The van der Waals surface area contributed by atoms with Gasteiger partial charge >= 0.3 is 6.09 Å². The van der Waals surface area contributed by atoms with E-state index in [2.05, 4.69) is 0 Å². The zero-order valence-electron chi connectivity index (χ0n) is 10.6. The summed E-state index contributed by atoms with van der Waals surface area (Å²) in [5, 5.41) is 0. The second-order valence-corrected chi connectivity index (χ2v) is 6.34. The number of benzene rings is 1. The van der Waals surface area contributed by atoms with Crippen LogP contribution in [-0.2, 0) is 4.74 Å². The first kappa shape index (κ1) is 16.8. The molecule has 0 bridgehead atoms. The van der Waals surface area contributed by atoms with Crippen LogP contribution in [0.25, 0.3) is 0 Å². The first-order chi connectivity index (χ1) is 9.29. The number of carbonyl (C=O) groups is 2. The highest BCUT2D eigenvalue weighted by Crippen LogP contribution is 2.26. The molecule has 0 radical (unpaired) electrons. The van der Waals surface area contributed by atoms with Gasteiger partial charge in [-0.1, -0.05) is 65.1 Å². The largest absolute Gasteiger partial charge is 0.445 e. The summed E-state index contributed by atoms with van der Waals surface area (Å²) < 4.78 is 3.07. The molecule has 0 aromatic heterocycles. The molecular formula is C13H12Cl3NO3. The van der Waals surface area contributed by atoms with Crippen LogP contribution in [-0.4, -0.2) is 34.2 Å². The monoisotopic (exact) mass is 335 g/mol. The van der Waals surface area contributed by atoms with Gasteiger partial charge in [0.25, 0.3) is 0 Å². The van der Waals surface area contributed by atoms with Gasteiger partial charge in [0.2, 0.25) is 3.79 Å². The summed E-state index contributed by atoms with van der Waals surface area (Å²) in [7, 11) is 1.43. The molecular weight excluding hydrogens is 325 g/mol. The summed E-state index contributed by atoms with van der Waals surface area (Å²) in [5.74, 6) is -0.230. The summed E-state index contributed by atoms with van der Waals surface area (Å²) in [6.07, 6.45) is 1.82. The molecule has 108 valence electrons. The maximum absolute atomic E-state index is 11.8. The topological polar surface area (TPSA) is 46.6 Å². The van der Waals surface area contributed by atoms with Gasteiger partial charge in [-0.25, -0.2) is 4.79 Å². The standard InChI is InChI=1S/C13H12Cl3NO3/c1-17(12(19)20-9-13(14,15)16)8-7-11(18)10-5-3-2-4-6-10/h2-8H,9H2,1H3. The van der Waals surface area contributed by atoms with Crippen LogP contribution in [0.1, 0.15) is 10.4 Å². The third kappa shape index (κ3) is 6.28. The molecule has 1 rings (SSSR count). The van der Waals surface area contributed by atoms with Gasteiger partial charge in [0.15, 0.2) is 5.78 Å². The number of hydrogen-bond acceptors (Lipinski definition) is 3. The zero-order chi connectivity index (χ0) is 15.2. The Hall–Kier alpha value is -1.23. The highest BCUT2D eigenvalue weighted by Gasteiger charge is 2.22. The molecule has 1 aromatic rings. The number of nitrogens with zero attached hydrogens (tertiary/aromatic N) is 1. The number of amides is 1. The van der Waals surface area contributed by atoms with Crippen LogP contribution in [0.2, 0.25) is 0 Å². The van der Waals surface area contributed by atoms with Crippen molar-refractivity contribution in [1.29, 1.82) is 0 Å². The number of ether oxygens (including phenoxy) is 1. The third-order valence-corrected chi connectivity index (χ3v) is 2.48. The molecule has 0 saturated heterocycles. The minimum atomic E-state index is -1.67. The number of allylic oxidation sites excluding steroid dienone is 1. The quantitative estimate of drug-likeness (QED) is 0.477. The normalized spacial score (nSPS) is 11.4. The predicted molar refractivity (Wildman–Crippen MR) is 79.3 cm³/mol. The predicted octanol–water partition coefficient (Wildman–Crippen LogP) is 3.82. The van der Waals surface area contributed by atoms with Crippen molar-refractivity contribution in [2.75, 3.05) is 13.7 Å². The van der Waals surface area contributed by atoms with Crippen molar-refractivity contribution in [1.82, 2.24) is 4.90 Å². The molecule has 0 N–H and O–H groups in total. The van der Waals surface area contributed by atoms with Crippen LogP contribution in [0, 0.1) is 0 Å². The van der Waals surface area contributed by atoms with E-state index in [-0.39, 0.29) is 12.4 Å². The van der Waals surface area contributed by atoms with Gasteiger partial charge in [-0.15, -0.1) is 0 Å². The molecule has 0 heterocycles. The van der Waals surface area contributed by atoms with Crippen LogP contribution in [0.4, 0.5) is 4.79 Å². The second-order valence-electron chi connectivity index (χ2n) is 3.83. The van der Waals surface area contributed by atoms with E-state index >= 15 is 0 Å². The van der Waals surface area contributed by atoms with Gasteiger partial charge in [0.1, 0.15) is 6.61 Å². The maximum Gasteiger partial charge on any atom is 0.413 e. The van der Waals surface area contributed by atoms with Crippen LogP contribution in [0.5, 0.6) is 0 Å². The lowest BCUT2D eigenvalue weighted by atomic mass is 10.1. The average Bonchev–Trinajstić information content (AvgIpc) is 2.41. The van der Waals surface area contributed by atoms with E-state index in [0.717, 1.165) is 4.90 Å². The molecule has 7 heteroatoms. The number of alkyl halides is 3. The Morgan fingerprint density at radius 1 is 1.25 bits per heavy atom. The lowest BCUT2D eigenvalue weighted by molar-refractivity contribution is 0.104. The minimum absolute atomic E-state index is 0.230.